The van der Waals surface area contributed by atoms with Crippen LogP contribution in [-0.4, -0.2) is 55.8 Å². The molecule has 0 radical (unpaired) electrons. The molecular formula is C31H38N4O. The normalized spacial score (nSPS) is 22.2. The Balaban J connectivity index is 1.37. The highest BCUT2D eigenvalue weighted by molar-refractivity contribution is 5.96. The minimum Gasteiger partial charge on any atom is -0.487 e. The molecule has 0 bridgehead atoms. The largest absolute Gasteiger partial charge is 0.487 e. The summed E-state index contributed by atoms with van der Waals surface area (Å²) in [6.45, 7) is 8.07. The van der Waals surface area contributed by atoms with Crippen molar-refractivity contribution in [1.82, 2.24) is 4.90 Å². The van der Waals surface area contributed by atoms with Gasteiger partial charge in [-0.3, -0.25) is 19.9 Å². The lowest BCUT2D eigenvalue weighted by molar-refractivity contribution is 0.336. The van der Waals surface area contributed by atoms with Gasteiger partial charge in [0.05, 0.1) is 12.3 Å². The summed E-state index contributed by atoms with van der Waals surface area (Å²) >= 11 is 0. The summed E-state index contributed by atoms with van der Waals surface area (Å²) in [5.41, 5.74) is 3.34. The number of nitrogens with zero attached hydrogens (tertiary/aromatic N) is 4. The van der Waals surface area contributed by atoms with E-state index in [1.807, 2.05) is 55.9 Å². The summed E-state index contributed by atoms with van der Waals surface area (Å²) in [5, 5.41) is 0. The zero-order chi connectivity index (χ0) is 25.3. The molecule has 2 aliphatic rings. The molecule has 1 aromatic rings. The van der Waals surface area contributed by atoms with Gasteiger partial charge in [0, 0.05) is 50.4 Å². The van der Waals surface area contributed by atoms with Crippen molar-refractivity contribution < 1.29 is 4.74 Å². The van der Waals surface area contributed by atoms with Gasteiger partial charge in [0.25, 0.3) is 0 Å². The van der Waals surface area contributed by atoms with Crippen LogP contribution in [0, 0.1) is 5.92 Å². The van der Waals surface area contributed by atoms with Gasteiger partial charge in [-0.2, -0.15) is 0 Å². The molecule has 0 saturated carbocycles. The molecule has 0 spiro atoms. The zero-order valence-corrected chi connectivity index (χ0v) is 21.5. The Labute approximate surface area is 216 Å². The first-order chi connectivity index (χ1) is 17.7. The van der Waals surface area contributed by atoms with E-state index in [9.17, 15) is 0 Å². The lowest BCUT2D eigenvalue weighted by atomic mass is 10.1. The molecule has 0 saturated heterocycles. The Bertz CT molecular complexity index is 1070. The van der Waals surface area contributed by atoms with Gasteiger partial charge in [-0.25, -0.2) is 0 Å². The second-order valence-electron chi connectivity index (χ2n) is 8.73. The van der Waals surface area contributed by atoms with E-state index in [-0.39, 0.29) is 0 Å². The third-order valence-corrected chi connectivity index (χ3v) is 5.74. The molecule has 0 amide bonds. The summed E-state index contributed by atoms with van der Waals surface area (Å²) in [6.07, 6.45) is 28.3. The maximum Gasteiger partial charge on any atom is 0.130 e. The van der Waals surface area contributed by atoms with Crippen LogP contribution in [0.5, 0.6) is 5.75 Å². The lowest BCUT2D eigenvalue weighted by Crippen LogP contribution is -2.30. The van der Waals surface area contributed by atoms with Crippen molar-refractivity contribution in [3.05, 3.63) is 102 Å². The van der Waals surface area contributed by atoms with Crippen molar-refractivity contribution in [2.45, 2.75) is 26.7 Å². The molecule has 5 nitrogen and oxygen atoms in total. The van der Waals surface area contributed by atoms with Crippen LogP contribution in [0.2, 0.25) is 0 Å². The maximum atomic E-state index is 5.97. The Kier molecular flexibility index (Phi) is 12.1. The summed E-state index contributed by atoms with van der Waals surface area (Å²) in [5.74, 6) is 1.22. The molecule has 0 N–H and O–H groups in total. The fourth-order valence-corrected chi connectivity index (χ4v) is 3.58. The highest BCUT2D eigenvalue weighted by Gasteiger charge is 2.09. The summed E-state index contributed by atoms with van der Waals surface area (Å²) < 4.78 is 5.97. The number of rotatable bonds is 10. The topological polar surface area (TPSA) is 49.5 Å². The van der Waals surface area contributed by atoms with Crippen LogP contribution in [0.25, 0.3) is 0 Å². The Morgan fingerprint density at radius 2 is 2.06 bits per heavy atom. The average molecular weight is 483 g/mol. The molecule has 1 atom stereocenters. The van der Waals surface area contributed by atoms with Crippen molar-refractivity contribution in [1.29, 1.82) is 0 Å². The van der Waals surface area contributed by atoms with Crippen molar-refractivity contribution in [2.75, 3.05) is 32.8 Å². The molecule has 2 heterocycles. The Morgan fingerprint density at radius 3 is 2.86 bits per heavy atom. The number of benzene rings is 1. The van der Waals surface area contributed by atoms with Crippen molar-refractivity contribution in [3.8, 4) is 5.75 Å². The van der Waals surface area contributed by atoms with Crippen LogP contribution in [0.1, 0.15) is 25.8 Å². The number of hydrogen-bond acceptors (Lipinski definition) is 5. The molecule has 1 unspecified atom stereocenters. The van der Waals surface area contributed by atoms with Gasteiger partial charge in [0.1, 0.15) is 12.4 Å². The molecule has 0 fully saturated rings. The van der Waals surface area contributed by atoms with E-state index in [1.165, 1.54) is 11.3 Å². The second kappa shape index (κ2) is 16.2. The Morgan fingerprint density at radius 1 is 1.17 bits per heavy atom. The van der Waals surface area contributed by atoms with E-state index in [0.717, 1.165) is 43.9 Å². The number of aliphatic imine (C=N–C) groups is 3. The molecule has 1 aromatic carbocycles. The van der Waals surface area contributed by atoms with Gasteiger partial charge < -0.3 is 4.74 Å². The highest BCUT2D eigenvalue weighted by Crippen LogP contribution is 2.14. The van der Waals surface area contributed by atoms with E-state index < -0.39 is 0 Å². The summed E-state index contributed by atoms with van der Waals surface area (Å²) in [4.78, 5) is 15.9. The maximum absolute atomic E-state index is 5.97. The monoisotopic (exact) mass is 482 g/mol. The number of hydrogen-bond donors (Lipinski definition) is 0. The fraction of sp³-hybridized carbons (Fsp3) is 0.323. The SMILES string of the molecule is C/C=C\C=NC1=CCN(CC=N/C=C\Cc2ccc(OCC3=NC/C=C\C=C/C(C)/C=C\3)cc2)CC1. The smallest absolute Gasteiger partial charge is 0.130 e. The molecule has 5 heteroatoms. The van der Waals surface area contributed by atoms with Crippen molar-refractivity contribution >= 4 is 18.1 Å². The van der Waals surface area contributed by atoms with E-state index in [2.05, 4.69) is 81.5 Å². The average Bonchev–Trinajstić information content (AvgIpc) is 2.91. The van der Waals surface area contributed by atoms with E-state index >= 15 is 0 Å². The van der Waals surface area contributed by atoms with E-state index in [0.29, 0.717) is 19.1 Å². The first-order valence-corrected chi connectivity index (χ1v) is 12.7. The van der Waals surface area contributed by atoms with Crippen molar-refractivity contribution in [3.63, 3.8) is 0 Å². The first-order valence-electron chi connectivity index (χ1n) is 12.7. The van der Waals surface area contributed by atoms with E-state index in [1.54, 1.807) is 0 Å². The molecule has 188 valence electrons. The molecular weight excluding hydrogens is 444 g/mol. The van der Waals surface area contributed by atoms with Crippen molar-refractivity contribution in [2.24, 2.45) is 20.9 Å². The fourth-order valence-electron chi connectivity index (χ4n) is 3.58. The van der Waals surface area contributed by atoms with Gasteiger partial charge in [-0.15, -0.1) is 0 Å². The summed E-state index contributed by atoms with van der Waals surface area (Å²) in [6, 6.07) is 8.23. The third kappa shape index (κ3) is 10.8. The van der Waals surface area contributed by atoms with Crippen LogP contribution < -0.4 is 4.74 Å². The quantitative estimate of drug-likeness (QED) is 0.374. The first kappa shape index (κ1) is 27.0. The van der Waals surface area contributed by atoms with Gasteiger partial charge in [-0.1, -0.05) is 61.6 Å². The molecule has 0 aromatic heterocycles. The molecule has 3 rings (SSSR count). The zero-order valence-electron chi connectivity index (χ0n) is 21.5. The highest BCUT2D eigenvalue weighted by atomic mass is 16.5. The summed E-state index contributed by atoms with van der Waals surface area (Å²) in [7, 11) is 0. The third-order valence-electron chi connectivity index (χ3n) is 5.74. The van der Waals surface area contributed by atoms with Crippen LogP contribution in [-0.2, 0) is 6.42 Å². The minimum absolute atomic E-state index is 0.373. The Hall–Kier alpha value is -3.57. The van der Waals surface area contributed by atoms with E-state index in [4.69, 9.17) is 4.74 Å². The van der Waals surface area contributed by atoms with Gasteiger partial charge in [0.15, 0.2) is 0 Å². The molecule has 2 aliphatic heterocycles. The number of allylic oxidation sites excluding steroid dienone is 7. The predicted molar refractivity (Wildman–Crippen MR) is 155 cm³/mol. The van der Waals surface area contributed by atoms with Gasteiger partial charge in [0.2, 0.25) is 0 Å². The van der Waals surface area contributed by atoms with Gasteiger partial charge >= 0.3 is 0 Å². The van der Waals surface area contributed by atoms with Crippen LogP contribution in [0.4, 0.5) is 0 Å². The standard InChI is InChI=1S/C31H38N4O/c1-3-4-20-33-29-17-23-35(24-18-29)25-22-32-19-8-10-28-12-15-31(16-13-28)36-26-30-14-11-27(2)9-6-5-7-21-34-30/h3-9,11-17,19-20,22,27H,10,18,21,23-26H2,1-2H3/b4-3-,7-5-,9-6-,14-11-,19-8-,32-22?,33-20?,34-30?. The second-order valence-corrected chi connectivity index (χ2v) is 8.73. The number of ether oxygens (including phenoxy) is 1. The van der Waals surface area contributed by atoms with Gasteiger partial charge in [-0.05, 0) is 55.2 Å². The minimum atomic E-state index is 0.373. The van der Waals surface area contributed by atoms with Crippen LogP contribution in [0.3, 0.4) is 0 Å². The predicted octanol–water partition coefficient (Wildman–Crippen LogP) is 6.19. The molecule has 36 heavy (non-hydrogen) atoms. The lowest BCUT2D eigenvalue weighted by Gasteiger charge is -2.22. The van der Waals surface area contributed by atoms with Crippen LogP contribution >= 0.6 is 0 Å². The molecule has 0 aliphatic carbocycles. The van der Waals surface area contributed by atoms with Crippen LogP contribution in [0.15, 0.2) is 112 Å².